The highest BCUT2D eigenvalue weighted by Crippen LogP contribution is 2.40. The Kier molecular flexibility index (Phi) is 7.68. The second kappa shape index (κ2) is 11.1. The zero-order valence-corrected chi connectivity index (χ0v) is 20.3. The molecule has 0 spiro atoms. The molecule has 0 unspecified atom stereocenters. The summed E-state index contributed by atoms with van der Waals surface area (Å²) in [7, 11) is 0. The van der Waals surface area contributed by atoms with E-state index < -0.39 is 41.1 Å². The smallest absolute Gasteiger partial charge is 0.365 e. The zero-order valence-electron chi connectivity index (χ0n) is 19.5. The lowest BCUT2D eigenvalue weighted by Crippen LogP contribution is -2.71. The van der Waals surface area contributed by atoms with Crippen molar-refractivity contribution in [3.05, 3.63) is 83.1 Å². The van der Waals surface area contributed by atoms with Crippen molar-refractivity contribution in [2.24, 2.45) is 5.16 Å². The molecular weight excluding hydrogens is 502 g/mol. The highest BCUT2D eigenvalue weighted by atomic mass is 32.2. The van der Waals surface area contributed by atoms with E-state index in [1.807, 2.05) is 0 Å². The minimum atomic E-state index is -1.34. The van der Waals surface area contributed by atoms with Gasteiger partial charge in [0.2, 0.25) is 0 Å². The molecule has 2 heterocycles. The molecule has 37 heavy (non-hydrogen) atoms. The first-order valence-electron chi connectivity index (χ1n) is 11.0. The maximum atomic E-state index is 13.2. The number of amides is 2. The van der Waals surface area contributed by atoms with Crippen LogP contribution in [0.2, 0.25) is 0 Å². The Morgan fingerprint density at radius 3 is 2.27 bits per heavy atom. The van der Waals surface area contributed by atoms with Crippen LogP contribution in [0.1, 0.15) is 22.8 Å². The number of esters is 1. The lowest BCUT2D eigenvalue weighted by atomic mass is 10.0. The van der Waals surface area contributed by atoms with E-state index >= 15 is 0 Å². The largest absolute Gasteiger partial charge is 0.477 e. The van der Waals surface area contributed by atoms with Crippen LogP contribution in [0.25, 0.3) is 0 Å². The zero-order chi connectivity index (χ0) is 26.5. The van der Waals surface area contributed by atoms with E-state index in [0.717, 1.165) is 4.90 Å². The van der Waals surface area contributed by atoms with Gasteiger partial charge in [-0.25, -0.2) is 9.59 Å². The van der Waals surface area contributed by atoms with Crippen molar-refractivity contribution in [2.75, 3.05) is 12.4 Å². The quantitative estimate of drug-likeness (QED) is 0.173. The normalized spacial score (nSPS) is 18.9. The average molecular weight is 524 g/mol. The van der Waals surface area contributed by atoms with Gasteiger partial charge in [-0.3, -0.25) is 19.3 Å². The minimum Gasteiger partial charge on any atom is -0.477 e. The Morgan fingerprint density at radius 1 is 1.05 bits per heavy atom. The summed E-state index contributed by atoms with van der Waals surface area (Å²) in [4.78, 5) is 67.5. The van der Waals surface area contributed by atoms with E-state index in [0.29, 0.717) is 5.56 Å². The van der Waals surface area contributed by atoms with E-state index in [1.54, 1.807) is 48.5 Å². The van der Waals surface area contributed by atoms with E-state index in [-0.39, 0.29) is 34.9 Å². The molecule has 2 N–H and O–H groups in total. The van der Waals surface area contributed by atoms with Crippen LogP contribution in [0, 0.1) is 0 Å². The predicted octanol–water partition coefficient (Wildman–Crippen LogP) is 1.55. The molecule has 4 rings (SSSR count). The summed E-state index contributed by atoms with van der Waals surface area (Å²) in [6, 6.07) is 15.3. The number of carboxylic acid groups (broad SMARTS) is 1. The van der Waals surface area contributed by atoms with Crippen molar-refractivity contribution in [2.45, 2.75) is 18.3 Å². The Morgan fingerprint density at radius 2 is 1.68 bits per heavy atom. The van der Waals surface area contributed by atoms with Gasteiger partial charge in [-0.05, 0) is 12.1 Å². The third kappa shape index (κ3) is 5.54. The van der Waals surface area contributed by atoms with E-state index in [4.69, 9.17) is 9.57 Å². The number of hydrogen-bond donors (Lipinski definition) is 2. The van der Waals surface area contributed by atoms with Crippen molar-refractivity contribution in [1.82, 2.24) is 10.2 Å². The monoisotopic (exact) mass is 523 g/mol. The molecular formula is C25H21N3O8S. The van der Waals surface area contributed by atoms with Crippen molar-refractivity contribution in [3.63, 3.8) is 0 Å². The van der Waals surface area contributed by atoms with Gasteiger partial charge in [0.1, 0.15) is 23.7 Å². The third-order valence-corrected chi connectivity index (χ3v) is 6.82. The van der Waals surface area contributed by atoms with Crippen LogP contribution in [0.3, 0.4) is 0 Å². The number of aliphatic carboxylic acids is 1. The molecule has 190 valence electrons. The fourth-order valence-corrected chi connectivity index (χ4v) is 5.06. The van der Waals surface area contributed by atoms with Crippen LogP contribution in [-0.2, 0) is 28.8 Å². The summed E-state index contributed by atoms with van der Waals surface area (Å²) in [6.07, 6.45) is 0. The number of rotatable bonds is 8. The molecule has 2 aliphatic heterocycles. The molecule has 0 bridgehead atoms. The highest BCUT2D eigenvalue weighted by molar-refractivity contribution is 8.00. The first-order valence-corrected chi connectivity index (χ1v) is 12.1. The maximum absolute atomic E-state index is 13.2. The summed E-state index contributed by atoms with van der Waals surface area (Å²) >= 11 is 1.22. The van der Waals surface area contributed by atoms with Gasteiger partial charge >= 0.3 is 17.9 Å². The molecule has 2 amide bonds. The Labute approximate surface area is 215 Å². The first-order chi connectivity index (χ1) is 17.8. The van der Waals surface area contributed by atoms with Gasteiger partial charge in [-0.1, -0.05) is 53.7 Å². The predicted molar refractivity (Wildman–Crippen MR) is 131 cm³/mol. The molecule has 2 aromatic carbocycles. The van der Waals surface area contributed by atoms with Gasteiger partial charge in [0, 0.05) is 23.8 Å². The molecule has 1 saturated heterocycles. The van der Waals surface area contributed by atoms with Gasteiger partial charge in [-0.15, -0.1) is 11.8 Å². The van der Waals surface area contributed by atoms with Crippen LogP contribution in [-0.4, -0.2) is 69.2 Å². The lowest BCUT2D eigenvalue weighted by Gasteiger charge is -2.49. The van der Waals surface area contributed by atoms with Crippen LogP contribution in [0.5, 0.6) is 0 Å². The topological polar surface area (TPSA) is 152 Å². The number of ether oxygens (including phenoxy) is 1. The Bertz CT molecular complexity index is 1310. The van der Waals surface area contributed by atoms with E-state index in [2.05, 4.69) is 10.5 Å². The molecule has 2 aromatic rings. The number of carbonyl (C=O) groups excluding carboxylic acids is 4. The summed E-state index contributed by atoms with van der Waals surface area (Å²) in [5.41, 5.74) is 0.354. The number of carbonyl (C=O) groups is 5. The maximum Gasteiger partial charge on any atom is 0.365 e. The average Bonchev–Trinajstić information content (AvgIpc) is 2.90. The number of nitrogens with one attached hydrogen (secondary N) is 1. The fourth-order valence-electron chi connectivity index (χ4n) is 3.73. The van der Waals surface area contributed by atoms with Gasteiger partial charge in [0.25, 0.3) is 11.8 Å². The molecule has 2 atom stereocenters. The molecule has 2 aliphatic rings. The number of nitrogens with zero attached hydrogens (tertiary/aromatic N) is 2. The van der Waals surface area contributed by atoms with Crippen molar-refractivity contribution >= 4 is 47.2 Å². The summed E-state index contributed by atoms with van der Waals surface area (Å²) in [5, 5.41) is 15.3. The molecule has 11 nitrogen and oxygen atoms in total. The van der Waals surface area contributed by atoms with Gasteiger partial charge in [-0.2, -0.15) is 0 Å². The second-order valence-corrected chi connectivity index (χ2v) is 9.05. The van der Waals surface area contributed by atoms with Crippen molar-refractivity contribution in [1.29, 1.82) is 0 Å². The third-order valence-electron chi connectivity index (χ3n) is 5.48. The SMILES string of the molecule is CC(=O)OCC1=C(C(=O)O)N2C(=O)[C@@H](NC(=O)C(=NOC(=O)c3ccccc3)c3ccccc3)[C@@H]2SC1. The van der Waals surface area contributed by atoms with Gasteiger partial charge < -0.3 is 20.0 Å². The highest BCUT2D eigenvalue weighted by Gasteiger charge is 2.54. The molecule has 0 radical (unpaired) electrons. The molecule has 0 aromatic heterocycles. The fraction of sp³-hybridized carbons (Fsp3) is 0.200. The molecule has 0 saturated carbocycles. The number of benzene rings is 2. The van der Waals surface area contributed by atoms with E-state index in [1.165, 1.54) is 30.8 Å². The van der Waals surface area contributed by atoms with Gasteiger partial charge in [0.05, 0.1) is 5.56 Å². The second-order valence-electron chi connectivity index (χ2n) is 7.95. The number of carboxylic acids is 1. The van der Waals surface area contributed by atoms with Crippen molar-refractivity contribution in [3.8, 4) is 0 Å². The number of β-lactam (4-membered cyclic amide) rings is 1. The Balaban J connectivity index is 1.53. The van der Waals surface area contributed by atoms with Crippen LogP contribution >= 0.6 is 11.8 Å². The molecule has 0 aliphatic carbocycles. The van der Waals surface area contributed by atoms with Gasteiger partial charge in [0.15, 0.2) is 5.71 Å². The minimum absolute atomic E-state index is 0.185. The number of fused-ring (bicyclic) bond motifs is 1. The summed E-state index contributed by atoms with van der Waals surface area (Å²) < 4.78 is 4.92. The molecule has 1 fully saturated rings. The molecule has 12 heteroatoms. The van der Waals surface area contributed by atoms with Crippen LogP contribution in [0.15, 0.2) is 77.1 Å². The number of oxime groups is 1. The number of thioether (sulfide) groups is 1. The number of hydrogen-bond acceptors (Lipinski definition) is 9. The van der Waals surface area contributed by atoms with E-state index in [9.17, 15) is 29.1 Å². The Hall–Kier alpha value is -4.45. The first kappa shape index (κ1) is 25.6. The van der Waals surface area contributed by atoms with Crippen LogP contribution in [0.4, 0.5) is 0 Å². The standard InChI is InChI=1S/C25H21N3O8S/c1-14(29)35-12-17-13-37-23-19(22(31)28(23)20(17)24(32)33)26-21(30)18(15-8-4-2-5-9-15)27-36-25(34)16-10-6-3-7-11-16/h2-11,19,23H,12-13H2,1H3,(H,26,30)(H,32,33)/t19-,23+/m1/s1. The summed E-state index contributed by atoms with van der Waals surface area (Å²) in [6.45, 7) is 0.943. The lowest BCUT2D eigenvalue weighted by molar-refractivity contribution is -0.150. The van der Waals surface area contributed by atoms with Crippen molar-refractivity contribution < 1.29 is 38.7 Å². The van der Waals surface area contributed by atoms with Crippen LogP contribution < -0.4 is 5.32 Å². The summed E-state index contributed by atoms with van der Waals surface area (Å²) in [5.74, 6) is -3.93.